The predicted octanol–water partition coefficient (Wildman–Crippen LogP) is 4.62. The van der Waals surface area contributed by atoms with Gasteiger partial charge in [-0.3, -0.25) is 4.79 Å². The van der Waals surface area contributed by atoms with Crippen molar-refractivity contribution in [3.05, 3.63) is 53.6 Å². The maximum atomic E-state index is 12.6. The van der Waals surface area contributed by atoms with Crippen molar-refractivity contribution < 1.29 is 33.3 Å². The smallest absolute Gasteiger partial charge is 0.412 e. The fourth-order valence-corrected chi connectivity index (χ4v) is 3.99. The van der Waals surface area contributed by atoms with E-state index < -0.39 is 24.2 Å². The van der Waals surface area contributed by atoms with Gasteiger partial charge in [0.15, 0.2) is 6.10 Å². The number of nitrogens with one attached hydrogen (secondary N) is 2. The second-order valence-electron chi connectivity index (χ2n) is 10.3. The molecule has 0 spiro atoms. The van der Waals surface area contributed by atoms with Crippen molar-refractivity contribution in [2.75, 3.05) is 27.3 Å². The van der Waals surface area contributed by atoms with Gasteiger partial charge in [0, 0.05) is 25.1 Å². The highest BCUT2D eigenvalue weighted by atomic mass is 16.6. The van der Waals surface area contributed by atoms with Gasteiger partial charge < -0.3 is 35.3 Å². The van der Waals surface area contributed by atoms with E-state index >= 15 is 0 Å². The van der Waals surface area contributed by atoms with Gasteiger partial charge in [-0.25, -0.2) is 9.59 Å². The van der Waals surface area contributed by atoms with E-state index in [9.17, 15) is 14.4 Å². The second-order valence-corrected chi connectivity index (χ2v) is 10.3. The lowest BCUT2D eigenvalue weighted by atomic mass is 9.83. The molecule has 2 aromatic rings. The molecule has 2 aromatic carbocycles. The van der Waals surface area contributed by atoms with E-state index in [-0.39, 0.29) is 24.4 Å². The molecule has 0 radical (unpaired) electrons. The van der Waals surface area contributed by atoms with Gasteiger partial charge in [-0.15, -0.1) is 0 Å². The van der Waals surface area contributed by atoms with Crippen LogP contribution in [0.25, 0.3) is 12.2 Å². The van der Waals surface area contributed by atoms with Crippen LogP contribution in [0.5, 0.6) is 17.2 Å². The largest absolute Gasteiger partial charge is 0.497 e. The Morgan fingerprint density at radius 2 is 1.44 bits per heavy atom. The molecule has 10 nitrogen and oxygen atoms in total. The molecule has 0 fully saturated rings. The van der Waals surface area contributed by atoms with Crippen molar-refractivity contribution in [1.29, 1.82) is 0 Å². The fraction of sp³-hybridized carbons (Fsp3) is 0.414. The zero-order valence-electron chi connectivity index (χ0n) is 23.4. The van der Waals surface area contributed by atoms with Crippen LogP contribution in [0.3, 0.4) is 0 Å². The summed E-state index contributed by atoms with van der Waals surface area (Å²) in [5, 5.41) is 5.23. The van der Waals surface area contributed by atoms with Gasteiger partial charge in [0.2, 0.25) is 0 Å². The zero-order valence-corrected chi connectivity index (χ0v) is 23.4. The number of benzene rings is 2. The summed E-state index contributed by atoms with van der Waals surface area (Å²) in [5.74, 6) is 1.03. The van der Waals surface area contributed by atoms with E-state index in [1.165, 1.54) is 0 Å². The predicted molar refractivity (Wildman–Crippen MR) is 150 cm³/mol. The average Bonchev–Trinajstić information content (AvgIpc) is 2.87. The van der Waals surface area contributed by atoms with E-state index in [2.05, 4.69) is 10.6 Å². The molecule has 2 unspecified atom stereocenters. The SMILES string of the molecule is COc1cc(C=Cc2ccc(OC(=O)NCCNC(=O)C(OC(N)=O)C(C)CC(C)(C)C)cc2)cc(OC)c1. The Labute approximate surface area is 229 Å². The van der Waals surface area contributed by atoms with Gasteiger partial charge in [0.1, 0.15) is 17.2 Å². The number of nitrogens with two attached hydrogens (primary N) is 1. The van der Waals surface area contributed by atoms with Crippen LogP contribution in [0, 0.1) is 11.3 Å². The number of amides is 3. The van der Waals surface area contributed by atoms with Gasteiger partial charge in [-0.2, -0.15) is 0 Å². The molecule has 0 aliphatic carbocycles. The van der Waals surface area contributed by atoms with Crippen LogP contribution < -0.4 is 30.6 Å². The molecular formula is C29H39N3O7. The molecular weight excluding hydrogens is 502 g/mol. The molecule has 212 valence electrons. The van der Waals surface area contributed by atoms with Crippen molar-refractivity contribution in [2.24, 2.45) is 17.1 Å². The van der Waals surface area contributed by atoms with Crippen molar-refractivity contribution in [3.63, 3.8) is 0 Å². The lowest BCUT2D eigenvalue weighted by Gasteiger charge is -2.28. The average molecular weight is 542 g/mol. The lowest BCUT2D eigenvalue weighted by molar-refractivity contribution is -0.132. The summed E-state index contributed by atoms with van der Waals surface area (Å²) < 4.78 is 20.9. The van der Waals surface area contributed by atoms with Crippen molar-refractivity contribution in [2.45, 2.75) is 40.2 Å². The molecule has 0 saturated carbocycles. The van der Waals surface area contributed by atoms with Crippen LogP contribution in [-0.4, -0.2) is 51.5 Å². The molecule has 39 heavy (non-hydrogen) atoms. The third-order valence-corrected chi connectivity index (χ3v) is 5.58. The van der Waals surface area contributed by atoms with Crippen LogP contribution in [0.4, 0.5) is 9.59 Å². The quantitative estimate of drug-likeness (QED) is 0.263. The number of hydrogen-bond donors (Lipinski definition) is 3. The van der Waals surface area contributed by atoms with Crippen molar-refractivity contribution in [3.8, 4) is 17.2 Å². The number of carbonyl (C=O) groups excluding carboxylic acids is 3. The van der Waals surface area contributed by atoms with Crippen LogP contribution >= 0.6 is 0 Å². The Morgan fingerprint density at radius 1 is 0.872 bits per heavy atom. The normalized spacial score (nSPS) is 12.8. The summed E-state index contributed by atoms with van der Waals surface area (Å²) in [6, 6.07) is 12.6. The van der Waals surface area contributed by atoms with Gasteiger partial charge in [0.05, 0.1) is 14.2 Å². The number of hydrogen-bond acceptors (Lipinski definition) is 7. The minimum absolute atomic E-state index is 0.0665. The summed E-state index contributed by atoms with van der Waals surface area (Å²) in [6.07, 6.45) is 1.78. The Morgan fingerprint density at radius 3 is 1.97 bits per heavy atom. The van der Waals surface area contributed by atoms with E-state index in [0.717, 1.165) is 11.1 Å². The van der Waals surface area contributed by atoms with E-state index in [4.69, 9.17) is 24.7 Å². The molecule has 10 heteroatoms. The van der Waals surface area contributed by atoms with Gasteiger partial charge in [-0.1, -0.05) is 52.0 Å². The van der Waals surface area contributed by atoms with Crippen molar-refractivity contribution in [1.82, 2.24) is 10.6 Å². The van der Waals surface area contributed by atoms with Crippen LogP contribution in [0.2, 0.25) is 0 Å². The van der Waals surface area contributed by atoms with E-state index in [1.54, 1.807) is 32.4 Å². The summed E-state index contributed by atoms with van der Waals surface area (Å²) in [5.41, 5.74) is 6.90. The van der Waals surface area contributed by atoms with Crippen LogP contribution in [0.1, 0.15) is 45.2 Å². The van der Waals surface area contributed by atoms with Gasteiger partial charge in [-0.05, 0) is 47.2 Å². The van der Waals surface area contributed by atoms with Crippen LogP contribution in [0.15, 0.2) is 42.5 Å². The topological polar surface area (TPSA) is 138 Å². The molecule has 0 bridgehead atoms. The highest BCUT2D eigenvalue weighted by Crippen LogP contribution is 2.27. The minimum Gasteiger partial charge on any atom is -0.497 e. The molecule has 3 amide bonds. The molecule has 2 atom stereocenters. The molecule has 0 heterocycles. The Bertz CT molecular complexity index is 1120. The Kier molecular flexibility index (Phi) is 11.7. The highest BCUT2D eigenvalue weighted by Gasteiger charge is 2.31. The number of primary amides is 1. The van der Waals surface area contributed by atoms with E-state index in [0.29, 0.717) is 23.7 Å². The first kappa shape index (κ1) is 31.0. The van der Waals surface area contributed by atoms with Crippen molar-refractivity contribution >= 4 is 30.2 Å². The Hall–Kier alpha value is -4.21. The molecule has 0 aliphatic heterocycles. The molecule has 0 aliphatic rings. The monoisotopic (exact) mass is 541 g/mol. The van der Waals surface area contributed by atoms with Gasteiger partial charge in [0.25, 0.3) is 5.91 Å². The third-order valence-electron chi connectivity index (χ3n) is 5.58. The Balaban J connectivity index is 1.82. The number of carbonyl (C=O) groups is 3. The zero-order chi connectivity index (χ0) is 29.0. The third kappa shape index (κ3) is 11.4. The fourth-order valence-electron chi connectivity index (χ4n) is 3.99. The summed E-state index contributed by atoms with van der Waals surface area (Å²) in [7, 11) is 3.19. The lowest BCUT2D eigenvalue weighted by Crippen LogP contribution is -2.45. The van der Waals surface area contributed by atoms with Gasteiger partial charge >= 0.3 is 12.2 Å². The maximum Gasteiger partial charge on any atom is 0.412 e. The first-order valence-electron chi connectivity index (χ1n) is 12.6. The van der Waals surface area contributed by atoms with E-state index in [1.807, 2.05) is 64.1 Å². The highest BCUT2D eigenvalue weighted by molar-refractivity contribution is 5.83. The molecule has 2 rings (SSSR count). The first-order chi connectivity index (χ1) is 18.4. The van der Waals surface area contributed by atoms with Crippen LogP contribution in [-0.2, 0) is 9.53 Å². The standard InChI is InChI=1S/C29H39N3O7/c1-19(18-29(2,3)4)25(39-27(30)34)26(33)31-13-14-32-28(35)38-22-11-9-20(10-12-22)7-8-21-15-23(36-5)17-24(16-21)37-6/h7-12,15-17,19,25H,13-14,18H2,1-6H3,(H2,30,34)(H,31,33)(H,32,35). The summed E-state index contributed by atoms with van der Waals surface area (Å²) in [4.78, 5) is 36.0. The number of rotatable bonds is 12. The molecule has 0 saturated heterocycles. The molecule has 0 aromatic heterocycles. The number of methoxy groups -OCH3 is 2. The second kappa shape index (κ2) is 14.7. The summed E-state index contributed by atoms with van der Waals surface area (Å²) >= 11 is 0. The summed E-state index contributed by atoms with van der Waals surface area (Å²) in [6.45, 7) is 8.15. The molecule has 4 N–H and O–H groups in total. The first-order valence-corrected chi connectivity index (χ1v) is 12.6. The maximum absolute atomic E-state index is 12.6. The minimum atomic E-state index is -1.02. The number of ether oxygens (including phenoxy) is 4.